The Hall–Kier alpha value is -3.61. The van der Waals surface area contributed by atoms with Crippen molar-refractivity contribution in [3.05, 3.63) is 66.1 Å². The summed E-state index contributed by atoms with van der Waals surface area (Å²) in [7, 11) is 0. The van der Waals surface area contributed by atoms with Crippen LogP contribution in [-0.4, -0.2) is 35.7 Å². The fraction of sp³-hybridized carbons (Fsp3) is 0.292. The van der Waals surface area contributed by atoms with Gasteiger partial charge in [0, 0.05) is 36.3 Å². The van der Waals surface area contributed by atoms with Crippen LogP contribution in [0.1, 0.15) is 36.7 Å². The highest BCUT2D eigenvalue weighted by Crippen LogP contribution is 2.39. The zero-order valence-electron chi connectivity index (χ0n) is 18.1. The van der Waals surface area contributed by atoms with Crippen LogP contribution in [0.3, 0.4) is 0 Å². The van der Waals surface area contributed by atoms with Crippen LogP contribution >= 0.6 is 0 Å². The van der Waals surface area contributed by atoms with E-state index in [9.17, 15) is 4.79 Å². The molecule has 2 aromatic heterocycles. The van der Waals surface area contributed by atoms with E-state index in [1.54, 1.807) is 30.7 Å². The lowest BCUT2D eigenvalue weighted by Crippen LogP contribution is -2.23. The van der Waals surface area contributed by atoms with E-state index < -0.39 is 0 Å². The topological polar surface area (TPSA) is 82.6 Å². The molecule has 2 heterocycles. The molecule has 0 atom stereocenters. The first-order valence-corrected chi connectivity index (χ1v) is 10.4. The van der Waals surface area contributed by atoms with E-state index in [0.717, 1.165) is 16.8 Å². The minimum Gasteiger partial charge on any atom is -0.490 e. The number of carbonyl (C=O) groups excluding carboxylic acids is 1. The molecule has 7 heteroatoms. The summed E-state index contributed by atoms with van der Waals surface area (Å²) in [5.74, 6) is 1.26. The quantitative estimate of drug-likeness (QED) is 0.526. The molecule has 162 valence electrons. The zero-order chi connectivity index (χ0) is 22.1. The highest BCUT2D eigenvalue weighted by molar-refractivity contribution is 5.95. The fourth-order valence-electron chi connectivity index (χ4n) is 3.06. The summed E-state index contributed by atoms with van der Waals surface area (Å²) in [6.07, 6.45) is 5.20. The maximum Gasteiger partial charge on any atom is 0.251 e. The van der Waals surface area contributed by atoms with Crippen LogP contribution in [0.5, 0.6) is 17.2 Å². The Morgan fingerprint density at radius 3 is 2.26 bits per heavy atom. The summed E-state index contributed by atoms with van der Waals surface area (Å²) >= 11 is 0. The van der Waals surface area contributed by atoms with Gasteiger partial charge in [0.2, 0.25) is 5.75 Å². The Bertz CT molecular complexity index is 982. The maximum absolute atomic E-state index is 12.9. The van der Waals surface area contributed by atoms with Gasteiger partial charge in [0.1, 0.15) is 0 Å². The monoisotopic (exact) mass is 421 g/mol. The number of nitrogens with zero attached hydrogens (tertiary/aromatic N) is 2. The van der Waals surface area contributed by atoms with Gasteiger partial charge in [0.25, 0.3) is 5.91 Å². The van der Waals surface area contributed by atoms with Crippen LogP contribution in [0.4, 0.5) is 0 Å². The summed E-state index contributed by atoms with van der Waals surface area (Å²) in [5, 5.41) is 2.95. The normalized spacial score (nSPS) is 10.4. The van der Waals surface area contributed by atoms with Crippen molar-refractivity contribution in [3.63, 3.8) is 0 Å². The maximum atomic E-state index is 12.9. The van der Waals surface area contributed by atoms with Crippen molar-refractivity contribution in [2.75, 3.05) is 19.8 Å². The number of rotatable bonds is 10. The summed E-state index contributed by atoms with van der Waals surface area (Å²) in [6.45, 7) is 7.37. The predicted octanol–water partition coefficient (Wildman–Crippen LogP) is 4.27. The van der Waals surface area contributed by atoms with Crippen molar-refractivity contribution in [1.29, 1.82) is 0 Å². The molecule has 0 unspecified atom stereocenters. The largest absolute Gasteiger partial charge is 0.490 e. The summed E-state index contributed by atoms with van der Waals surface area (Å²) in [5.41, 5.74) is 3.10. The van der Waals surface area contributed by atoms with Crippen LogP contribution in [-0.2, 0) is 6.54 Å². The van der Waals surface area contributed by atoms with Gasteiger partial charge in [-0.25, -0.2) is 0 Å². The lowest BCUT2D eigenvalue weighted by Gasteiger charge is -2.17. The van der Waals surface area contributed by atoms with Crippen LogP contribution < -0.4 is 19.5 Å². The molecule has 1 amide bonds. The minimum absolute atomic E-state index is 0.232. The summed E-state index contributed by atoms with van der Waals surface area (Å²) in [4.78, 5) is 21.4. The Morgan fingerprint density at radius 1 is 0.935 bits per heavy atom. The van der Waals surface area contributed by atoms with Gasteiger partial charge in [0.05, 0.1) is 25.5 Å². The number of ether oxygens (including phenoxy) is 3. The van der Waals surface area contributed by atoms with E-state index in [1.807, 2.05) is 45.0 Å². The standard InChI is InChI=1S/C24H27N3O4/c1-4-29-21-13-19(14-22(30-5-2)23(21)31-6-3)24(28)27-15-17-9-11-26-20(12-17)18-8-7-10-25-16-18/h7-14,16H,4-6,15H2,1-3H3,(H,27,28). The Morgan fingerprint density at radius 2 is 1.65 bits per heavy atom. The van der Waals surface area contributed by atoms with Crippen LogP contribution in [0.25, 0.3) is 11.3 Å². The molecule has 7 nitrogen and oxygen atoms in total. The Balaban J connectivity index is 1.78. The second kappa shape index (κ2) is 11.0. The third-order valence-electron chi connectivity index (χ3n) is 4.41. The first-order valence-electron chi connectivity index (χ1n) is 10.4. The number of carbonyl (C=O) groups is 1. The average Bonchev–Trinajstić information content (AvgIpc) is 2.80. The lowest BCUT2D eigenvalue weighted by atomic mass is 10.1. The van der Waals surface area contributed by atoms with Gasteiger partial charge in [-0.15, -0.1) is 0 Å². The molecule has 0 bridgehead atoms. The molecule has 0 spiro atoms. The van der Waals surface area contributed by atoms with Gasteiger partial charge in [-0.05, 0) is 62.7 Å². The number of hydrogen-bond acceptors (Lipinski definition) is 6. The van der Waals surface area contributed by atoms with Crippen molar-refractivity contribution in [3.8, 4) is 28.5 Å². The molecule has 31 heavy (non-hydrogen) atoms. The van der Waals surface area contributed by atoms with Gasteiger partial charge in [-0.3, -0.25) is 14.8 Å². The van der Waals surface area contributed by atoms with E-state index >= 15 is 0 Å². The molecule has 1 aromatic carbocycles. The van der Waals surface area contributed by atoms with E-state index in [-0.39, 0.29) is 5.91 Å². The number of aromatic nitrogens is 2. The Kier molecular flexibility index (Phi) is 7.81. The van der Waals surface area contributed by atoms with Crippen molar-refractivity contribution < 1.29 is 19.0 Å². The molecular formula is C24H27N3O4. The van der Waals surface area contributed by atoms with Gasteiger partial charge in [-0.1, -0.05) is 0 Å². The van der Waals surface area contributed by atoms with Crippen molar-refractivity contribution in [2.45, 2.75) is 27.3 Å². The van der Waals surface area contributed by atoms with Gasteiger partial charge < -0.3 is 19.5 Å². The number of amides is 1. The first-order chi connectivity index (χ1) is 15.2. The minimum atomic E-state index is -0.232. The molecule has 1 N–H and O–H groups in total. The second-order valence-electron chi connectivity index (χ2n) is 6.57. The zero-order valence-corrected chi connectivity index (χ0v) is 18.1. The van der Waals surface area contributed by atoms with E-state index in [0.29, 0.717) is 49.2 Å². The Labute approximate surface area is 182 Å². The van der Waals surface area contributed by atoms with Crippen molar-refractivity contribution >= 4 is 5.91 Å². The van der Waals surface area contributed by atoms with E-state index in [4.69, 9.17) is 14.2 Å². The molecule has 0 fully saturated rings. The number of hydrogen-bond donors (Lipinski definition) is 1. The summed E-state index contributed by atoms with van der Waals surface area (Å²) in [6, 6.07) is 11.0. The second-order valence-corrected chi connectivity index (χ2v) is 6.57. The highest BCUT2D eigenvalue weighted by atomic mass is 16.5. The SMILES string of the molecule is CCOc1cc(C(=O)NCc2ccnc(-c3cccnc3)c2)cc(OCC)c1OCC. The molecule has 3 rings (SSSR count). The molecule has 0 aliphatic heterocycles. The molecule has 0 aliphatic rings. The first kappa shape index (κ1) is 22.1. The fourth-order valence-corrected chi connectivity index (χ4v) is 3.06. The third kappa shape index (κ3) is 5.72. The molecule has 0 saturated heterocycles. The molecule has 3 aromatic rings. The number of pyridine rings is 2. The van der Waals surface area contributed by atoms with Gasteiger partial charge >= 0.3 is 0 Å². The molecule has 0 aliphatic carbocycles. The van der Waals surface area contributed by atoms with Crippen molar-refractivity contribution in [2.24, 2.45) is 0 Å². The number of nitrogens with one attached hydrogen (secondary N) is 1. The molecular weight excluding hydrogens is 394 g/mol. The predicted molar refractivity (Wildman–Crippen MR) is 119 cm³/mol. The van der Waals surface area contributed by atoms with Crippen molar-refractivity contribution in [1.82, 2.24) is 15.3 Å². The van der Waals surface area contributed by atoms with Gasteiger partial charge in [-0.2, -0.15) is 0 Å². The number of benzene rings is 1. The van der Waals surface area contributed by atoms with Crippen LogP contribution in [0.15, 0.2) is 55.0 Å². The van der Waals surface area contributed by atoms with Crippen LogP contribution in [0, 0.1) is 0 Å². The summed E-state index contributed by atoms with van der Waals surface area (Å²) < 4.78 is 17.1. The van der Waals surface area contributed by atoms with Crippen LogP contribution in [0.2, 0.25) is 0 Å². The highest BCUT2D eigenvalue weighted by Gasteiger charge is 2.18. The smallest absolute Gasteiger partial charge is 0.251 e. The van der Waals surface area contributed by atoms with E-state index in [1.165, 1.54) is 0 Å². The molecule has 0 radical (unpaired) electrons. The lowest BCUT2D eigenvalue weighted by molar-refractivity contribution is 0.0949. The average molecular weight is 421 g/mol. The molecule has 0 saturated carbocycles. The van der Waals surface area contributed by atoms with Gasteiger partial charge in [0.15, 0.2) is 11.5 Å². The van der Waals surface area contributed by atoms with E-state index in [2.05, 4.69) is 15.3 Å². The third-order valence-corrected chi connectivity index (χ3v) is 4.41.